The molecule has 0 amide bonds. The second-order valence-corrected chi connectivity index (χ2v) is 3.37. The first-order chi connectivity index (χ1) is 7.75. The Hall–Kier alpha value is -2.50. The Morgan fingerprint density at radius 2 is 2.00 bits per heavy atom. The van der Waals surface area contributed by atoms with Gasteiger partial charge in [-0.3, -0.25) is 14.7 Å². The molecule has 2 aromatic heterocycles. The maximum atomic E-state index is 11.7. The lowest BCUT2D eigenvalue weighted by Crippen LogP contribution is -2.07. The predicted molar refractivity (Wildman–Crippen MR) is 58.3 cm³/mol. The van der Waals surface area contributed by atoms with Crippen LogP contribution in [-0.4, -0.2) is 20.4 Å². The molecule has 78 valence electrons. The summed E-state index contributed by atoms with van der Waals surface area (Å²) in [5, 5.41) is 9.55. The monoisotopic (exact) mass is 214 g/mol. The van der Waals surface area contributed by atoms with Gasteiger partial charge in [0.05, 0.1) is 5.52 Å². The zero-order valence-electron chi connectivity index (χ0n) is 8.02. The van der Waals surface area contributed by atoms with Crippen molar-refractivity contribution in [2.45, 2.75) is 0 Å². The zero-order chi connectivity index (χ0) is 11.1. The minimum absolute atomic E-state index is 0.166. The summed E-state index contributed by atoms with van der Waals surface area (Å²) in [6.07, 6.45) is 0. The Labute approximate surface area is 87.9 Å². The third-order valence-corrected chi connectivity index (χ3v) is 2.36. The number of nitrogens with zero attached hydrogens (tertiary/aromatic N) is 2. The molecule has 0 bridgehead atoms. The van der Waals surface area contributed by atoms with Gasteiger partial charge in [-0.05, 0) is 12.1 Å². The largest absolute Gasteiger partial charge is 0.300 e. The van der Waals surface area contributed by atoms with Gasteiger partial charge in [-0.1, -0.05) is 12.1 Å². The molecule has 0 aliphatic carbocycles. The lowest BCUT2D eigenvalue weighted by atomic mass is 10.2. The van der Waals surface area contributed by atoms with E-state index >= 15 is 0 Å². The third-order valence-electron chi connectivity index (χ3n) is 2.36. The lowest BCUT2D eigenvalue weighted by molar-refractivity contribution is 0.956. The summed E-state index contributed by atoms with van der Waals surface area (Å²) in [6.45, 7) is 0. The van der Waals surface area contributed by atoms with Gasteiger partial charge in [0, 0.05) is 5.39 Å². The van der Waals surface area contributed by atoms with E-state index in [0.29, 0.717) is 10.9 Å². The number of H-pyrrole nitrogens is 2. The summed E-state index contributed by atoms with van der Waals surface area (Å²) >= 11 is 0. The van der Waals surface area contributed by atoms with Crippen LogP contribution in [0.15, 0.2) is 33.9 Å². The van der Waals surface area contributed by atoms with Gasteiger partial charge >= 0.3 is 0 Å². The van der Waals surface area contributed by atoms with Crippen LogP contribution >= 0.6 is 0 Å². The maximum Gasteiger partial charge on any atom is 0.300 e. The highest BCUT2D eigenvalue weighted by Gasteiger charge is 2.05. The molecule has 0 unspecified atom stereocenters. The fourth-order valence-electron chi connectivity index (χ4n) is 1.62. The van der Waals surface area contributed by atoms with Gasteiger partial charge < -0.3 is 0 Å². The number of aromatic nitrogens is 4. The smallest absolute Gasteiger partial charge is 0.288 e. The van der Waals surface area contributed by atoms with Gasteiger partial charge in [-0.25, -0.2) is 10.2 Å². The van der Waals surface area contributed by atoms with Crippen molar-refractivity contribution in [2.24, 2.45) is 0 Å². The van der Waals surface area contributed by atoms with Crippen LogP contribution in [-0.2, 0) is 0 Å². The minimum Gasteiger partial charge on any atom is -0.288 e. The van der Waals surface area contributed by atoms with Gasteiger partial charge in [0.2, 0.25) is 5.43 Å². The first-order valence-corrected chi connectivity index (χ1v) is 4.62. The molecule has 3 rings (SSSR count). The van der Waals surface area contributed by atoms with E-state index in [2.05, 4.69) is 20.4 Å². The summed E-state index contributed by atoms with van der Waals surface area (Å²) < 4.78 is 0. The van der Waals surface area contributed by atoms with Crippen molar-refractivity contribution in [3.63, 3.8) is 0 Å². The van der Waals surface area contributed by atoms with Crippen molar-refractivity contribution in [3.05, 3.63) is 44.8 Å². The molecule has 0 saturated carbocycles. The summed E-state index contributed by atoms with van der Waals surface area (Å²) in [5.74, 6) is 0. The van der Waals surface area contributed by atoms with Crippen molar-refractivity contribution < 1.29 is 0 Å². The second kappa shape index (κ2) is 2.99. The van der Waals surface area contributed by atoms with Gasteiger partial charge in [0.1, 0.15) is 5.52 Å². The zero-order valence-corrected chi connectivity index (χ0v) is 8.02. The van der Waals surface area contributed by atoms with E-state index in [1.807, 2.05) is 0 Å². The fraction of sp³-hybridized carbons (Fsp3) is 0. The fourth-order valence-corrected chi connectivity index (χ4v) is 1.62. The molecule has 6 nitrogen and oxygen atoms in total. The molecule has 0 radical (unpaired) electrons. The van der Waals surface area contributed by atoms with Crippen LogP contribution in [0.4, 0.5) is 0 Å². The molecular formula is C10H6N4O2. The minimum atomic E-state index is -0.522. The van der Waals surface area contributed by atoms with Gasteiger partial charge in [-0.2, -0.15) is 5.10 Å². The molecule has 1 aromatic carbocycles. The number of nitrogens with one attached hydrogen (secondary N) is 2. The highest BCUT2D eigenvalue weighted by molar-refractivity contribution is 5.86. The SMILES string of the molecule is O=c1cccc2cc3[nH][nH]nc3c(=O)nc12. The lowest BCUT2D eigenvalue weighted by Gasteiger charge is -1.86. The van der Waals surface area contributed by atoms with Crippen molar-refractivity contribution in [2.75, 3.05) is 0 Å². The van der Waals surface area contributed by atoms with Crippen LogP contribution in [0.5, 0.6) is 0 Å². The van der Waals surface area contributed by atoms with E-state index in [4.69, 9.17) is 0 Å². The molecule has 2 heterocycles. The van der Waals surface area contributed by atoms with Crippen molar-refractivity contribution >= 4 is 21.9 Å². The van der Waals surface area contributed by atoms with E-state index in [0.717, 1.165) is 0 Å². The molecule has 0 spiro atoms. The van der Waals surface area contributed by atoms with E-state index < -0.39 is 5.56 Å². The average Bonchev–Trinajstić information content (AvgIpc) is 2.66. The van der Waals surface area contributed by atoms with Crippen molar-refractivity contribution in [1.29, 1.82) is 0 Å². The number of hydrogen-bond acceptors (Lipinski definition) is 4. The number of aromatic amines is 2. The first-order valence-electron chi connectivity index (χ1n) is 4.62. The number of hydrogen-bond donors (Lipinski definition) is 2. The summed E-state index contributed by atoms with van der Waals surface area (Å²) in [4.78, 5) is 27.0. The molecule has 2 N–H and O–H groups in total. The predicted octanol–water partition coefficient (Wildman–Crippen LogP) is 0.160. The van der Waals surface area contributed by atoms with E-state index in [-0.39, 0.29) is 16.5 Å². The van der Waals surface area contributed by atoms with Gasteiger partial charge in [0.25, 0.3) is 5.56 Å². The standard InChI is InChI=1S/C10H6N4O2/c15-7-3-1-2-5-4-6-9(13-14-12-6)10(16)11-8(5)7/h1-4,12,14H. The Morgan fingerprint density at radius 3 is 2.88 bits per heavy atom. The highest BCUT2D eigenvalue weighted by atomic mass is 16.1. The van der Waals surface area contributed by atoms with Crippen molar-refractivity contribution in [1.82, 2.24) is 20.4 Å². The molecule has 0 saturated heterocycles. The van der Waals surface area contributed by atoms with Crippen LogP contribution in [0, 0.1) is 0 Å². The highest BCUT2D eigenvalue weighted by Crippen LogP contribution is 2.08. The number of para-hydroxylation sites is 1. The first kappa shape index (κ1) is 8.78. The number of rotatable bonds is 0. The number of benzene rings is 1. The Balaban J connectivity index is 2.73. The number of fused-ring (bicyclic) bond motifs is 2. The molecule has 0 aliphatic rings. The molecule has 0 fully saturated rings. The topological polar surface area (TPSA) is 91.5 Å². The van der Waals surface area contributed by atoms with Crippen LogP contribution in [0.3, 0.4) is 0 Å². The maximum absolute atomic E-state index is 11.7. The average molecular weight is 214 g/mol. The second-order valence-electron chi connectivity index (χ2n) is 3.37. The van der Waals surface area contributed by atoms with Crippen LogP contribution < -0.4 is 11.0 Å². The molecule has 16 heavy (non-hydrogen) atoms. The summed E-state index contributed by atoms with van der Waals surface area (Å²) in [7, 11) is 0. The summed E-state index contributed by atoms with van der Waals surface area (Å²) in [6, 6.07) is 6.40. The van der Waals surface area contributed by atoms with Crippen LogP contribution in [0.2, 0.25) is 0 Å². The normalized spacial score (nSPS) is 11.0. The van der Waals surface area contributed by atoms with Crippen LogP contribution in [0.25, 0.3) is 21.9 Å². The van der Waals surface area contributed by atoms with E-state index in [9.17, 15) is 9.59 Å². The Bertz CT molecular complexity index is 803. The Morgan fingerprint density at radius 1 is 1.12 bits per heavy atom. The molecule has 6 heteroatoms. The molecular weight excluding hydrogens is 208 g/mol. The Kier molecular flexibility index (Phi) is 1.64. The summed E-state index contributed by atoms with van der Waals surface area (Å²) in [5.41, 5.74) is 0.0923. The molecule has 3 aromatic rings. The van der Waals surface area contributed by atoms with Crippen LogP contribution in [0.1, 0.15) is 0 Å². The van der Waals surface area contributed by atoms with E-state index in [1.165, 1.54) is 6.07 Å². The van der Waals surface area contributed by atoms with Gasteiger partial charge in [0.15, 0.2) is 5.52 Å². The molecule has 0 atom stereocenters. The van der Waals surface area contributed by atoms with E-state index in [1.54, 1.807) is 18.2 Å². The quantitative estimate of drug-likeness (QED) is 0.557. The third kappa shape index (κ3) is 1.13. The van der Waals surface area contributed by atoms with Gasteiger partial charge in [-0.15, -0.1) is 0 Å². The van der Waals surface area contributed by atoms with Crippen molar-refractivity contribution in [3.8, 4) is 0 Å². The molecule has 0 aliphatic heterocycles.